The lowest BCUT2D eigenvalue weighted by atomic mass is 9.97. The van der Waals surface area contributed by atoms with E-state index in [0.717, 1.165) is 42.8 Å². The number of β-amino-alcohol motifs (C(OH)–C–C–N with tert-alkyl or cyclic N) is 1. The number of pyridine rings is 2. The van der Waals surface area contributed by atoms with E-state index < -0.39 is 6.10 Å². The first-order valence-corrected chi connectivity index (χ1v) is 11.8. The van der Waals surface area contributed by atoms with Gasteiger partial charge in [-0.3, -0.25) is 19.8 Å². The van der Waals surface area contributed by atoms with Crippen LogP contribution in [0.2, 0.25) is 0 Å². The summed E-state index contributed by atoms with van der Waals surface area (Å²) in [5.41, 5.74) is 3.38. The lowest BCUT2D eigenvalue weighted by Gasteiger charge is -2.40. The van der Waals surface area contributed by atoms with Crippen molar-refractivity contribution in [2.45, 2.75) is 12.1 Å². The second-order valence-electron chi connectivity index (χ2n) is 8.73. The number of aliphatic hydroxyl groups excluding tert-OH is 1. The maximum atomic E-state index is 10.7. The Kier molecular flexibility index (Phi) is 7.10. The summed E-state index contributed by atoms with van der Waals surface area (Å²) in [5, 5.41) is 11.6. The molecule has 6 heteroatoms. The Morgan fingerprint density at radius 2 is 1.62 bits per heavy atom. The van der Waals surface area contributed by atoms with E-state index in [4.69, 9.17) is 4.74 Å². The number of rotatable bonds is 8. The molecule has 1 fully saturated rings. The predicted molar refractivity (Wildman–Crippen MR) is 134 cm³/mol. The van der Waals surface area contributed by atoms with Gasteiger partial charge < -0.3 is 9.84 Å². The highest BCUT2D eigenvalue weighted by atomic mass is 16.5. The van der Waals surface area contributed by atoms with Gasteiger partial charge in [0, 0.05) is 56.7 Å². The Hall–Kier alpha value is -3.32. The molecule has 3 heterocycles. The van der Waals surface area contributed by atoms with Gasteiger partial charge in [0.05, 0.1) is 11.6 Å². The van der Waals surface area contributed by atoms with Crippen LogP contribution < -0.4 is 4.74 Å². The van der Waals surface area contributed by atoms with Crippen LogP contribution in [0, 0.1) is 0 Å². The summed E-state index contributed by atoms with van der Waals surface area (Å²) in [6.07, 6.45) is 5.01. The molecule has 0 bridgehead atoms. The third kappa shape index (κ3) is 5.25. The van der Waals surface area contributed by atoms with Crippen LogP contribution in [0.3, 0.4) is 0 Å². The van der Waals surface area contributed by atoms with E-state index in [1.54, 1.807) is 6.20 Å². The largest absolute Gasteiger partial charge is 0.490 e. The van der Waals surface area contributed by atoms with Crippen LogP contribution in [0.25, 0.3) is 10.9 Å². The van der Waals surface area contributed by atoms with Crippen LogP contribution in [-0.2, 0) is 0 Å². The number of fused-ring (bicyclic) bond motifs is 1. The van der Waals surface area contributed by atoms with Crippen LogP contribution in [0.5, 0.6) is 5.75 Å². The molecule has 2 unspecified atom stereocenters. The minimum atomic E-state index is -0.554. The molecule has 5 rings (SSSR count). The molecular formula is C28H30N4O2. The van der Waals surface area contributed by atoms with Crippen LogP contribution in [-0.4, -0.2) is 70.3 Å². The molecule has 2 aromatic heterocycles. The van der Waals surface area contributed by atoms with E-state index in [1.807, 2.05) is 48.8 Å². The average molecular weight is 455 g/mol. The second-order valence-corrected chi connectivity index (χ2v) is 8.73. The predicted octanol–water partition coefficient (Wildman–Crippen LogP) is 3.78. The maximum Gasteiger partial charge on any atom is 0.128 e. The van der Waals surface area contributed by atoms with Gasteiger partial charge in [0.1, 0.15) is 18.5 Å². The molecule has 0 saturated carbocycles. The first-order valence-electron chi connectivity index (χ1n) is 11.8. The summed E-state index contributed by atoms with van der Waals surface area (Å²) in [6.45, 7) is 4.52. The number of aliphatic hydroxyl groups is 1. The Balaban J connectivity index is 1.17. The van der Waals surface area contributed by atoms with Crippen LogP contribution in [0.15, 0.2) is 91.4 Å². The van der Waals surface area contributed by atoms with E-state index >= 15 is 0 Å². The van der Waals surface area contributed by atoms with Gasteiger partial charge in [-0.2, -0.15) is 0 Å². The van der Waals surface area contributed by atoms with E-state index in [9.17, 15) is 5.11 Å². The second kappa shape index (κ2) is 10.7. The van der Waals surface area contributed by atoms with Crippen molar-refractivity contribution in [1.82, 2.24) is 19.8 Å². The monoisotopic (exact) mass is 454 g/mol. The van der Waals surface area contributed by atoms with Crippen molar-refractivity contribution in [3.05, 3.63) is 103 Å². The molecule has 2 atom stereocenters. The summed E-state index contributed by atoms with van der Waals surface area (Å²) in [7, 11) is 0. The number of ether oxygens (including phenoxy) is 1. The smallest absolute Gasteiger partial charge is 0.128 e. The number of piperazine rings is 1. The molecule has 1 N–H and O–H groups in total. The first kappa shape index (κ1) is 22.5. The SMILES string of the molecule is OC(COc1cccc2ncccc12)CN1CCN(C(c2ccccc2)c2cccnc2)CC1. The molecule has 1 saturated heterocycles. The molecule has 1 aliphatic heterocycles. The van der Waals surface area contributed by atoms with Crippen LogP contribution in [0.4, 0.5) is 0 Å². The van der Waals surface area contributed by atoms with Gasteiger partial charge in [-0.1, -0.05) is 42.5 Å². The zero-order valence-electron chi connectivity index (χ0n) is 19.2. The van der Waals surface area contributed by atoms with Gasteiger partial charge >= 0.3 is 0 Å². The highest BCUT2D eigenvalue weighted by Gasteiger charge is 2.27. The number of benzene rings is 2. The highest BCUT2D eigenvalue weighted by molar-refractivity contribution is 5.84. The molecule has 0 spiro atoms. The maximum absolute atomic E-state index is 10.7. The summed E-state index contributed by atoms with van der Waals surface area (Å²) in [5.74, 6) is 0.761. The summed E-state index contributed by atoms with van der Waals surface area (Å²) >= 11 is 0. The van der Waals surface area contributed by atoms with Crippen LogP contribution >= 0.6 is 0 Å². The fourth-order valence-electron chi connectivity index (χ4n) is 4.73. The fraction of sp³-hybridized carbons (Fsp3) is 0.286. The van der Waals surface area contributed by atoms with Gasteiger partial charge in [-0.25, -0.2) is 0 Å². The quantitative estimate of drug-likeness (QED) is 0.437. The van der Waals surface area contributed by atoms with Crippen molar-refractivity contribution in [3.8, 4) is 5.75 Å². The number of aromatic nitrogens is 2. The van der Waals surface area contributed by atoms with Gasteiger partial charge in [0.15, 0.2) is 0 Å². The molecule has 4 aromatic rings. The Labute approximate surface area is 200 Å². The Morgan fingerprint density at radius 3 is 2.41 bits per heavy atom. The van der Waals surface area contributed by atoms with Crippen molar-refractivity contribution >= 4 is 10.9 Å². The first-order chi connectivity index (χ1) is 16.8. The van der Waals surface area contributed by atoms with E-state index in [0.29, 0.717) is 6.54 Å². The van der Waals surface area contributed by atoms with Crippen LogP contribution in [0.1, 0.15) is 17.2 Å². The molecule has 6 nitrogen and oxygen atoms in total. The number of nitrogens with zero attached hydrogens (tertiary/aromatic N) is 4. The minimum absolute atomic E-state index is 0.185. The average Bonchev–Trinajstić information content (AvgIpc) is 2.90. The molecule has 0 amide bonds. The molecule has 0 aliphatic carbocycles. The summed E-state index contributed by atoms with van der Waals surface area (Å²) in [4.78, 5) is 13.6. The van der Waals surface area contributed by atoms with Crippen molar-refractivity contribution in [2.24, 2.45) is 0 Å². The Bertz CT molecular complexity index is 1140. The third-order valence-corrected chi connectivity index (χ3v) is 6.39. The van der Waals surface area contributed by atoms with Gasteiger partial charge in [-0.05, 0) is 41.5 Å². The lowest BCUT2D eigenvalue weighted by molar-refractivity contribution is 0.0403. The molecule has 1 aliphatic rings. The molecule has 2 aromatic carbocycles. The summed E-state index contributed by atoms with van der Waals surface area (Å²) in [6, 6.07) is 24.7. The van der Waals surface area contributed by atoms with E-state index in [-0.39, 0.29) is 12.6 Å². The zero-order valence-corrected chi connectivity index (χ0v) is 19.2. The third-order valence-electron chi connectivity index (χ3n) is 6.39. The topological polar surface area (TPSA) is 61.7 Å². The standard InChI is InChI=1S/C28H30N4O2/c33-24(21-34-27-12-4-11-26-25(27)10-6-14-30-26)20-31-15-17-32(18-16-31)28(22-7-2-1-3-8-22)23-9-5-13-29-19-23/h1-14,19,24,28,33H,15-18,20-21H2. The Morgan fingerprint density at radius 1 is 0.824 bits per heavy atom. The minimum Gasteiger partial charge on any atom is -0.490 e. The van der Waals surface area contributed by atoms with Crippen molar-refractivity contribution in [1.29, 1.82) is 0 Å². The van der Waals surface area contributed by atoms with Crippen molar-refractivity contribution < 1.29 is 9.84 Å². The normalized spacial score (nSPS) is 16.9. The van der Waals surface area contributed by atoms with E-state index in [1.165, 1.54) is 11.1 Å². The molecule has 0 radical (unpaired) electrons. The molecule has 174 valence electrons. The molecular weight excluding hydrogens is 424 g/mol. The lowest BCUT2D eigenvalue weighted by Crippen LogP contribution is -2.50. The number of hydrogen-bond acceptors (Lipinski definition) is 6. The summed E-state index contributed by atoms with van der Waals surface area (Å²) < 4.78 is 5.96. The fourth-order valence-corrected chi connectivity index (χ4v) is 4.73. The van der Waals surface area contributed by atoms with E-state index in [2.05, 4.69) is 56.2 Å². The van der Waals surface area contributed by atoms with Crippen molar-refractivity contribution in [2.75, 3.05) is 39.3 Å². The molecule has 34 heavy (non-hydrogen) atoms. The number of hydrogen-bond donors (Lipinski definition) is 1. The van der Waals surface area contributed by atoms with Gasteiger partial charge in [0.2, 0.25) is 0 Å². The van der Waals surface area contributed by atoms with Gasteiger partial charge in [0.25, 0.3) is 0 Å². The highest BCUT2D eigenvalue weighted by Crippen LogP contribution is 2.29. The van der Waals surface area contributed by atoms with Crippen molar-refractivity contribution in [3.63, 3.8) is 0 Å². The zero-order chi connectivity index (χ0) is 23.2. The van der Waals surface area contributed by atoms with Gasteiger partial charge in [-0.15, -0.1) is 0 Å².